The number of carbonyl (C=O) groups is 2. The molecule has 26 heavy (non-hydrogen) atoms. The Hall–Kier alpha value is -3.82. The minimum absolute atomic E-state index is 0.463. The van der Waals surface area contributed by atoms with Gasteiger partial charge in [-0.3, -0.25) is 9.59 Å². The van der Waals surface area contributed by atoms with Crippen LogP contribution in [-0.2, 0) is 22.7 Å². The minimum atomic E-state index is -0.641. The van der Waals surface area contributed by atoms with Gasteiger partial charge in [-0.05, 0) is 12.1 Å². The van der Waals surface area contributed by atoms with Gasteiger partial charge in [0.1, 0.15) is 12.4 Å². The van der Waals surface area contributed by atoms with Crippen molar-refractivity contribution >= 4 is 29.9 Å². The Morgan fingerprint density at radius 3 is 2.35 bits per heavy atom. The Labute approximate surface area is 148 Å². The smallest absolute Gasteiger partial charge is 0.292 e. The van der Waals surface area contributed by atoms with Crippen LogP contribution in [0.3, 0.4) is 0 Å². The van der Waals surface area contributed by atoms with Gasteiger partial charge in [-0.1, -0.05) is 10.3 Å². The van der Waals surface area contributed by atoms with E-state index < -0.39 is 11.8 Å². The lowest BCUT2D eigenvalue weighted by atomic mass is 10.4. The number of nitrogens with zero attached hydrogens (tertiary/aromatic N) is 5. The zero-order valence-electron chi connectivity index (χ0n) is 13.6. The fourth-order valence-corrected chi connectivity index (χ4v) is 2.03. The van der Waals surface area contributed by atoms with Gasteiger partial charge in [0.2, 0.25) is 0 Å². The molecule has 0 bridgehead atoms. The highest BCUT2D eigenvalue weighted by atomic mass is 16.4. The summed E-state index contributed by atoms with van der Waals surface area (Å²) < 4.78 is 3.85. The first-order valence-corrected chi connectivity index (χ1v) is 7.50. The summed E-state index contributed by atoms with van der Waals surface area (Å²) in [4.78, 5) is 26.2. The molecule has 2 aromatic heterocycles. The second kappa shape index (κ2) is 9.47. The van der Waals surface area contributed by atoms with E-state index >= 15 is 0 Å². The molecule has 0 aromatic carbocycles. The van der Waals surface area contributed by atoms with E-state index in [-0.39, 0.29) is 0 Å². The van der Waals surface area contributed by atoms with E-state index in [0.717, 1.165) is 12.4 Å². The van der Waals surface area contributed by atoms with Crippen LogP contribution in [-0.4, -0.2) is 39.2 Å². The fraction of sp³-hybridized carbons (Fsp3) is 0.125. The summed E-state index contributed by atoms with van der Waals surface area (Å²) in [5.74, 6) is -1.16. The third kappa shape index (κ3) is 6.00. The molecule has 0 radical (unpaired) electrons. The topological polar surface area (TPSA) is 133 Å². The van der Waals surface area contributed by atoms with Gasteiger partial charge in [-0.25, -0.2) is 9.56 Å². The van der Waals surface area contributed by atoms with Crippen LogP contribution in [0.15, 0.2) is 64.4 Å². The van der Waals surface area contributed by atoms with Gasteiger partial charge < -0.3 is 20.3 Å². The van der Waals surface area contributed by atoms with E-state index in [0.29, 0.717) is 24.1 Å². The number of oxime groups is 2. The van der Waals surface area contributed by atoms with Crippen LogP contribution >= 0.6 is 0 Å². The Bertz CT molecular complexity index is 866. The van der Waals surface area contributed by atoms with Crippen LogP contribution < -0.4 is 15.2 Å². The molecule has 0 aliphatic heterocycles. The molecule has 134 valence electrons. The van der Waals surface area contributed by atoms with E-state index in [9.17, 15) is 9.59 Å². The number of hydrogen-bond donors (Lipinski definition) is 3. The van der Waals surface area contributed by atoms with E-state index in [1.807, 2.05) is 21.5 Å². The highest BCUT2D eigenvalue weighted by molar-refractivity contribution is 6.31. The van der Waals surface area contributed by atoms with E-state index in [2.05, 4.69) is 20.6 Å². The highest BCUT2D eigenvalue weighted by Gasteiger charge is 2.03. The molecule has 0 aliphatic carbocycles. The van der Waals surface area contributed by atoms with Crippen LogP contribution in [0.25, 0.3) is 0 Å². The molecule has 2 rings (SSSR count). The van der Waals surface area contributed by atoms with E-state index in [4.69, 9.17) is 10.4 Å². The Morgan fingerprint density at radius 1 is 1.08 bits per heavy atom. The van der Waals surface area contributed by atoms with Crippen molar-refractivity contribution in [2.75, 3.05) is 5.32 Å². The molecule has 2 aromatic rings. The molecule has 3 N–H and O–H groups in total. The number of nitrogens with one attached hydrogen (secondary N) is 1. The van der Waals surface area contributed by atoms with Crippen molar-refractivity contribution in [3.63, 3.8) is 0 Å². The normalized spacial score (nSPS) is 10.9. The maximum atomic E-state index is 11.3. The van der Waals surface area contributed by atoms with E-state index in [1.54, 1.807) is 36.7 Å². The lowest BCUT2D eigenvalue weighted by Crippen LogP contribution is -2.35. The number of amides is 2. The number of aromatic nitrogens is 2. The van der Waals surface area contributed by atoms with Crippen LogP contribution in [0, 0.1) is 0 Å². The summed E-state index contributed by atoms with van der Waals surface area (Å²) in [7, 11) is 0. The highest BCUT2D eigenvalue weighted by Crippen LogP contribution is 2.01. The van der Waals surface area contributed by atoms with Crippen LogP contribution in [0.4, 0.5) is 5.69 Å². The first kappa shape index (κ1) is 18.5. The van der Waals surface area contributed by atoms with Crippen molar-refractivity contribution in [2.45, 2.75) is 13.1 Å². The molecule has 10 nitrogen and oxygen atoms in total. The second-order valence-corrected chi connectivity index (χ2v) is 5.05. The van der Waals surface area contributed by atoms with Crippen molar-refractivity contribution in [1.29, 1.82) is 0 Å². The molecule has 0 aliphatic rings. The number of aryl methyl sites for hydroxylation is 2. The summed E-state index contributed by atoms with van der Waals surface area (Å²) in [6.07, 6.45) is 8.68. The molecule has 0 saturated heterocycles. The van der Waals surface area contributed by atoms with Crippen LogP contribution in [0.2, 0.25) is 0 Å². The summed E-state index contributed by atoms with van der Waals surface area (Å²) in [5.41, 5.74) is 0.584. The summed E-state index contributed by atoms with van der Waals surface area (Å²) in [6, 6.07) is 6.80. The Kier molecular flexibility index (Phi) is 6.74. The summed E-state index contributed by atoms with van der Waals surface area (Å²) >= 11 is 0. The van der Waals surface area contributed by atoms with Crippen molar-refractivity contribution in [2.24, 2.45) is 15.3 Å². The predicted octanol–water partition coefficient (Wildman–Crippen LogP) is -0.238. The Balaban J connectivity index is 1.92. The molecule has 0 unspecified atom stereocenters. The number of hydrogen-bond acceptors (Lipinski definition) is 6. The van der Waals surface area contributed by atoms with Gasteiger partial charge in [0.25, 0.3) is 11.8 Å². The number of carbonyl (C=O) groups excluding carboxylic acids is 2. The van der Waals surface area contributed by atoms with Crippen LogP contribution in [0.1, 0.15) is 0 Å². The van der Waals surface area contributed by atoms with Crippen LogP contribution in [0.5, 0.6) is 0 Å². The van der Waals surface area contributed by atoms with E-state index in [1.165, 1.54) is 0 Å². The molecule has 2 amide bonds. The summed E-state index contributed by atoms with van der Waals surface area (Å²) in [5, 5.41) is 24.8. The first-order chi connectivity index (χ1) is 12.6. The van der Waals surface area contributed by atoms with Gasteiger partial charge in [0.15, 0.2) is 18.9 Å². The van der Waals surface area contributed by atoms with Gasteiger partial charge in [-0.2, -0.15) is 0 Å². The lowest BCUT2D eigenvalue weighted by molar-refractivity contribution is -0.698. The SMILES string of the molecule is O=C(C=NO)N=c1ccn(CC[n+]2ccc(NC(=O)C=NO)cc2)cc1. The fourth-order valence-electron chi connectivity index (χ4n) is 2.03. The quantitative estimate of drug-likeness (QED) is 0.285. The Morgan fingerprint density at radius 2 is 1.73 bits per heavy atom. The van der Waals surface area contributed by atoms with Gasteiger partial charge in [0.05, 0.1) is 17.6 Å². The molecule has 0 atom stereocenters. The maximum absolute atomic E-state index is 11.3. The van der Waals surface area contributed by atoms with Gasteiger partial charge >= 0.3 is 0 Å². The molecular weight excluding hydrogens is 340 g/mol. The molecule has 0 saturated carbocycles. The molecule has 0 spiro atoms. The lowest BCUT2D eigenvalue weighted by Gasteiger charge is -2.04. The zero-order chi connectivity index (χ0) is 18.8. The third-order valence-corrected chi connectivity index (χ3v) is 3.23. The monoisotopic (exact) mass is 357 g/mol. The average Bonchev–Trinajstić information content (AvgIpc) is 2.63. The number of rotatable bonds is 6. The second-order valence-electron chi connectivity index (χ2n) is 5.05. The van der Waals surface area contributed by atoms with Crippen molar-refractivity contribution in [1.82, 2.24) is 4.57 Å². The van der Waals surface area contributed by atoms with Crippen molar-refractivity contribution in [3.8, 4) is 0 Å². The van der Waals surface area contributed by atoms with Crippen molar-refractivity contribution in [3.05, 3.63) is 54.4 Å². The minimum Gasteiger partial charge on any atom is -0.411 e. The predicted molar refractivity (Wildman–Crippen MR) is 90.8 cm³/mol. The largest absolute Gasteiger partial charge is 0.411 e. The molecule has 10 heteroatoms. The summed E-state index contributed by atoms with van der Waals surface area (Å²) in [6.45, 7) is 1.36. The maximum Gasteiger partial charge on any atom is 0.292 e. The van der Waals surface area contributed by atoms with Crippen molar-refractivity contribution < 1.29 is 24.6 Å². The zero-order valence-corrected chi connectivity index (χ0v) is 13.6. The standard InChI is InChI=1S/C16H16N6O4/c23-15(11-17-25)19-13-1-5-21(6-2-13)9-10-22-7-3-14(4-8-22)20-16(24)12-18-26/h1-8,11-12H,9-10H2,(H2,23,24,25,26)/p+1. The number of pyridine rings is 2. The third-order valence-electron chi connectivity index (χ3n) is 3.23. The molecular formula is C16H17N6O4+. The molecule has 0 fully saturated rings. The average molecular weight is 357 g/mol. The first-order valence-electron chi connectivity index (χ1n) is 7.50. The van der Waals surface area contributed by atoms with Gasteiger partial charge in [0, 0.05) is 24.5 Å². The molecule has 2 heterocycles. The van der Waals surface area contributed by atoms with Gasteiger partial charge in [-0.15, -0.1) is 0 Å². The number of anilines is 1.